The molecule has 0 bridgehead atoms. The van der Waals surface area contributed by atoms with Gasteiger partial charge in [0, 0.05) is 10.8 Å². The molecule has 1 aliphatic carbocycles. The van der Waals surface area contributed by atoms with Gasteiger partial charge in [-0.15, -0.1) is 18.3 Å². The van der Waals surface area contributed by atoms with E-state index in [1.807, 2.05) is 6.92 Å². The molecule has 0 aromatic heterocycles. The summed E-state index contributed by atoms with van der Waals surface area (Å²) in [5, 5.41) is 11.2. The first-order valence-electron chi connectivity index (χ1n) is 7.48. The Kier molecular flexibility index (Phi) is 7.63. The van der Waals surface area contributed by atoms with Crippen LogP contribution in [0.4, 0.5) is 0 Å². The highest BCUT2D eigenvalue weighted by Crippen LogP contribution is 2.45. The summed E-state index contributed by atoms with van der Waals surface area (Å²) in [5.41, 5.74) is 0.407. The fraction of sp³-hybridized carbons (Fsp3) is 0.647. The summed E-state index contributed by atoms with van der Waals surface area (Å²) < 4.78 is 5.59. The second-order valence-corrected chi connectivity index (χ2v) is 6.61. The summed E-state index contributed by atoms with van der Waals surface area (Å²) in [6, 6.07) is 0. The first-order valence-corrected chi connectivity index (χ1v) is 8.47. The molecule has 0 unspecified atom stereocenters. The summed E-state index contributed by atoms with van der Waals surface area (Å²) in [7, 11) is 0. The van der Waals surface area contributed by atoms with E-state index in [2.05, 4.69) is 26.2 Å². The first kappa shape index (κ1) is 17.5. The Morgan fingerprint density at radius 2 is 2.25 bits per heavy atom. The number of ether oxygens (including phenoxy) is 1. The average molecular weight is 296 g/mol. The van der Waals surface area contributed by atoms with Crippen molar-refractivity contribution in [2.24, 2.45) is 5.92 Å². The molecule has 0 saturated heterocycles. The van der Waals surface area contributed by atoms with Crippen molar-refractivity contribution in [1.82, 2.24) is 0 Å². The number of rotatable bonds is 8. The van der Waals surface area contributed by atoms with Gasteiger partial charge in [-0.1, -0.05) is 38.5 Å². The monoisotopic (exact) mass is 296 g/mol. The van der Waals surface area contributed by atoms with Crippen LogP contribution >= 0.6 is 11.8 Å². The van der Waals surface area contributed by atoms with Gasteiger partial charge in [0.25, 0.3) is 0 Å². The molecule has 114 valence electrons. The Labute approximate surface area is 128 Å². The summed E-state index contributed by atoms with van der Waals surface area (Å²) in [6.45, 7) is 13.0. The van der Waals surface area contributed by atoms with Gasteiger partial charge in [-0.2, -0.15) is 0 Å². The van der Waals surface area contributed by atoms with E-state index in [1.165, 1.54) is 5.57 Å². The van der Waals surface area contributed by atoms with Gasteiger partial charge < -0.3 is 9.84 Å². The number of allylic oxidation sites excluding steroid dienone is 1. The quantitative estimate of drug-likeness (QED) is 0.534. The van der Waals surface area contributed by atoms with Crippen LogP contribution in [0.15, 0.2) is 35.8 Å². The molecule has 0 aliphatic heterocycles. The van der Waals surface area contributed by atoms with Crippen molar-refractivity contribution in [1.29, 1.82) is 0 Å². The van der Waals surface area contributed by atoms with Gasteiger partial charge in [0.15, 0.2) is 0 Å². The third kappa shape index (κ3) is 4.24. The summed E-state index contributed by atoms with van der Waals surface area (Å²) in [5.74, 6) is 1.09. The molecular formula is C17H28O2S. The smallest absolute Gasteiger partial charge is 0.101 e. The van der Waals surface area contributed by atoms with E-state index < -0.39 is 5.60 Å². The normalized spacial score (nSPS) is 27.4. The van der Waals surface area contributed by atoms with Crippen molar-refractivity contribution in [3.05, 3.63) is 35.8 Å². The minimum Gasteiger partial charge on any atom is -0.384 e. The molecule has 3 heteroatoms. The van der Waals surface area contributed by atoms with E-state index in [4.69, 9.17) is 4.74 Å². The van der Waals surface area contributed by atoms with Crippen LogP contribution in [0.2, 0.25) is 0 Å². The molecule has 0 aromatic carbocycles. The van der Waals surface area contributed by atoms with E-state index in [0.29, 0.717) is 13.2 Å². The molecule has 0 heterocycles. The summed E-state index contributed by atoms with van der Waals surface area (Å²) in [4.78, 5) is 0.910. The van der Waals surface area contributed by atoms with Gasteiger partial charge in [0.2, 0.25) is 0 Å². The molecule has 0 aromatic rings. The van der Waals surface area contributed by atoms with Crippen molar-refractivity contribution >= 4 is 11.8 Å². The maximum absolute atomic E-state index is 11.2. The largest absolute Gasteiger partial charge is 0.384 e. The predicted molar refractivity (Wildman–Crippen MR) is 89.0 cm³/mol. The molecule has 2 atom stereocenters. The topological polar surface area (TPSA) is 29.5 Å². The van der Waals surface area contributed by atoms with Crippen LogP contribution in [0.1, 0.15) is 39.5 Å². The molecule has 20 heavy (non-hydrogen) atoms. The second kappa shape index (κ2) is 8.71. The maximum Gasteiger partial charge on any atom is 0.101 e. The van der Waals surface area contributed by atoms with E-state index in [9.17, 15) is 5.11 Å². The highest BCUT2D eigenvalue weighted by atomic mass is 32.2. The second-order valence-electron chi connectivity index (χ2n) is 5.25. The van der Waals surface area contributed by atoms with Crippen molar-refractivity contribution < 1.29 is 9.84 Å². The van der Waals surface area contributed by atoms with Gasteiger partial charge in [-0.3, -0.25) is 0 Å². The van der Waals surface area contributed by atoms with Gasteiger partial charge in [-0.05, 0) is 31.1 Å². The SMILES string of the molecule is C=CCOC/C(=C/C)[C@@H]1CCCC[C@@]1(O)C(=C)SCC. The van der Waals surface area contributed by atoms with E-state index in [0.717, 1.165) is 36.3 Å². The molecule has 1 rings (SSSR count). The van der Waals surface area contributed by atoms with Gasteiger partial charge in [-0.25, -0.2) is 0 Å². The van der Waals surface area contributed by atoms with Crippen LogP contribution in [0.25, 0.3) is 0 Å². The zero-order valence-electron chi connectivity index (χ0n) is 12.9. The van der Waals surface area contributed by atoms with Crippen LogP contribution in [0.5, 0.6) is 0 Å². The Bertz CT molecular complexity index is 362. The Morgan fingerprint density at radius 3 is 2.85 bits per heavy atom. The average Bonchev–Trinajstić information content (AvgIpc) is 2.45. The lowest BCUT2D eigenvalue weighted by Gasteiger charge is -2.42. The molecule has 1 saturated carbocycles. The van der Waals surface area contributed by atoms with Crippen molar-refractivity contribution in [3.8, 4) is 0 Å². The van der Waals surface area contributed by atoms with Crippen molar-refractivity contribution in [2.75, 3.05) is 19.0 Å². The third-order valence-corrected chi connectivity index (χ3v) is 4.99. The molecule has 0 radical (unpaired) electrons. The highest BCUT2D eigenvalue weighted by Gasteiger charge is 2.42. The maximum atomic E-state index is 11.2. The lowest BCUT2D eigenvalue weighted by molar-refractivity contribution is 0.00161. The molecular weight excluding hydrogens is 268 g/mol. The van der Waals surface area contributed by atoms with Crippen LogP contribution in [-0.2, 0) is 4.74 Å². The predicted octanol–water partition coefficient (Wildman–Crippen LogP) is 4.32. The first-order chi connectivity index (χ1) is 9.60. The molecule has 0 spiro atoms. The zero-order valence-corrected chi connectivity index (χ0v) is 13.7. The van der Waals surface area contributed by atoms with Crippen LogP contribution in [-0.4, -0.2) is 29.7 Å². The standard InChI is InChI=1S/C17H28O2S/c1-5-12-19-13-15(6-2)16-10-8-9-11-17(16,18)14(4)20-7-3/h5-6,16,18H,1,4,7-13H2,2-3H3/b15-6-/t16-,17+/m0/s1. The fourth-order valence-corrected chi connectivity index (χ4v) is 3.77. The lowest BCUT2D eigenvalue weighted by atomic mass is 9.71. The number of aliphatic hydroxyl groups is 1. The van der Waals surface area contributed by atoms with E-state index in [-0.39, 0.29) is 5.92 Å². The highest BCUT2D eigenvalue weighted by molar-refractivity contribution is 8.03. The third-order valence-electron chi connectivity index (χ3n) is 4.00. The zero-order chi connectivity index (χ0) is 15.0. The van der Waals surface area contributed by atoms with Crippen LogP contribution < -0.4 is 0 Å². The number of hydrogen-bond acceptors (Lipinski definition) is 3. The minimum absolute atomic E-state index is 0.137. The molecule has 1 aliphatic rings. The lowest BCUT2D eigenvalue weighted by Crippen LogP contribution is -2.43. The minimum atomic E-state index is -0.779. The summed E-state index contributed by atoms with van der Waals surface area (Å²) in [6.07, 6.45) is 7.90. The van der Waals surface area contributed by atoms with Gasteiger partial charge >= 0.3 is 0 Å². The van der Waals surface area contributed by atoms with Crippen molar-refractivity contribution in [3.63, 3.8) is 0 Å². The molecule has 0 amide bonds. The van der Waals surface area contributed by atoms with E-state index in [1.54, 1.807) is 17.8 Å². The van der Waals surface area contributed by atoms with Gasteiger partial charge in [0.1, 0.15) is 5.60 Å². The molecule has 1 fully saturated rings. The summed E-state index contributed by atoms with van der Waals surface area (Å²) >= 11 is 1.67. The van der Waals surface area contributed by atoms with Crippen LogP contribution in [0.3, 0.4) is 0 Å². The molecule has 1 N–H and O–H groups in total. The fourth-order valence-electron chi connectivity index (χ4n) is 2.93. The van der Waals surface area contributed by atoms with Crippen LogP contribution in [0, 0.1) is 5.92 Å². The Balaban J connectivity index is 2.85. The van der Waals surface area contributed by atoms with E-state index >= 15 is 0 Å². The Morgan fingerprint density at radius 1 is 1.50 bits per heavy atom. The number of hydrogen-bond donors (Lipinski definition) is 1. The van der Waals surface area contributed by atoms with Gasteiger partial charge in [0.05, 0.1) is 13.2 Å². The van der Waals surface area contributed by atoms with Crippen molar-refractivity contribution in [2.45, 2.75) is 45.1 Å². The number of thioether (sulfide) groups is 1. The Hall–Kier alpha value is -0.510. The molecule has 2 nitrogen and oxygen atoms in total.